The van der Waals surface area contributed by atoms with Gasteiger partial charge in [0.05, 0.1) is 0 Å². The van der Waals surface area contributed by atoms with Crippen LogP contribution in [-0.4, -0.2) is 18.8 Å². The summed E-state index contributed by atoms with van der Waals surface area (Å²) < 4.78 is 54.8. The quantitative estimate of drug-likeness (QED) is 0.780. The molecule has 7 heteroatoms. The third kappa shape index (κ3) is 4.71. The number of nitrogens with two attached hydrogens (primary N) is 1. The zero-order valence-electron chi connectivity index (χ0n) is 11.3. The summed E-state index contributed by atoms with van der Waals surface area (Å²) >= 11 is 2.96. The van der Waals surface area contributed by atoms with Crippen LogP contribution in [0.25, 0.3) is 0 Å². The highest BCUT2D eigenvalue weighted by atomic mass is 79.9. The molecule has 0 saturated heterocycles. The molecule has 0 spiro atoms. The Hall–Kier alpha value is -0.660. The minimum absolute atomic E-state index is 0.174. The molecule has 116 valence electrons. The van der Waals surface area contributed by atoms with Crippen LogP contribution >= 0.6 is 15.9 Å². The zero-order chi connectivity index (χ0) is 16.0. The first kappa shape index (κ1) is 19.3. The van der Waals surface area contributed by atoms with Crippen LogP contribution in [0.5, 0.6) is 0 Å². The average Bonchev–Trinajstić information content (AvgIpc) is 2.40. The molecule has 1 rings (SSSR count). The molecule has 0 saturated carbocycles. The van der Waals surface area contributed by atoms with Crippen LogP contribution in [-0.2, 0) is 11.8 Å². The summed E-state index contributed by atoms with van der Waals surface area (Å²) in [6.07, 6.45) is -0.337. The van der Waals surface area contributed by atoms with E-state index in [0.717, 1.165) is 12.1 Å². The topological polar surface area (TPSA) is 46.2 Å². The fourth-order valence-corrected chi connectivity index (χ4v) is 2.03. The third-order valence-electron chi connectivity index (χ3n) is 2.53. The second-order valence-electron chi connectivity index (χ2n) is 4.01. The molecule has 0 atom stereocenters. The number of halogens is 5. The Morgan fingerprint density at radius 3 is 2.10 bits per heavy atom. The van der Waals surface area contributed by atoms with E-state index in [4.69, 9.17) is 5.11 Å². The molecule has 1 aromatic rings. The summed E-state index contributed by atoms with van der Waals surface area (Å²) in [4.78, 5) is 0. The van der Waals surface area contributed by atoms with Crippen LogP contribution in [0, 0.1) is 0 Å². The summed E-state index contributed by atoms with van der Waals surface area (Å²) in [5, 5.41) is 8.65. The fraction of sp³-hybridized carbons (Fsp3) is 0.538. The summed E-state index contributed by atoms with van der Waals surface area (Å²) in [7, 11) is 1.50. The van der Waals surface area contributed by atoms with Crippen molar-refractivity contribution in [2.75, 3.05) is 13.7 Å². The lowest BCUT2D eigenvalue weighted by Gasteiger charge is -2.24. The Balaban J connectivity index is 0.00000172. The number of benzene rings is 1. The van der Waals surface area contributed by atoms with E-state index >= 15 is 0 Å². The maximum atomic E-state index is 13.8. The van der Waals surface area contributed by atoms with Crippen molar-refractivity contribution in [3.63, 3.8) is 0 Å². The smallest absolute Gasteiger partial charge is 0.296 e. The number of rotatable bonds is 5. The molecule has 2 nitrogen and oxygen atoms in total. The van der Waals surface area contributed by atoms with E-state index in [-0.39, 0.29) is 10.9 Å². The maximum absolute atomic E-state index is 13.8. The molecule has 0 bridgehead atoms. The van der Waals surface area contributed by atoms with Gasteiger partial charge in [0.15, 0.2) is 0 Å². The van der Waals surface area contributed by atoms with Gasteiger partial charge in [-0.05, 0) is 19.2 Å². The minimum atomic E-state index is -3.68. The van der Waals surface area contributed by atoms with Crippen LogP contribution in [0.3, 0.4) is 0 Å². The van der Waals surface area contributed by atoms with Gasteiger partial charge in [-0.25, -0.2) is 8.78 Å². The summed E-state index contributed by atoms with van der Waals surface area (Å²) in [6, 6.07) is 3.18. The normalized spacial score (nSPS) is 11.8. The number of aliphatic hydroxyl groups excluding tert-OH is 1. The summed E-state index contributed by atoms with van der Waals surface area (Å²) in [5.74, 6) is -7.01. The zero-order valence-corrected chi connectivity index (χ0v) is 12.9. The van der Waals surface area contributed by atoms with Gasteiger partial charge in [-0.2, -0.15) is 8.78 Å². The van der Waals surface area contributed by atoms with E-state index in [1.54, 1.807) is 6.92 Å². The highest BCUT2D eigenvalue weighted by molar-refractivity contribution is 9.10. The SMILES string of the molecule is CCCC(F)(F)c1ccc(Br)cc1C(F)(F)CO.CN. The molecular formula is C13H18BrF4NO. The van der Waals surface area contributed by atoms with E-state index in [2.05, 4.69) is 21.7 Å². The largest absolute Gasteiger partial charge is 0.390 e. The molecule has 1 aromatic carbocycles. The fourth-order valence-electron chi connectivity index (χ4n) is 1.67. The monoisotopic (exact) mass is 359 g/mol. The van der Waals surface area contributed by atoms with Crippen molar-refractivity contribution in [1.29, 1.82) is 0 Å². The molecule has 20 heavy (non-hydrogen) atoms. The van der Waals surface area contributed by atoms with Gasteiger partial charge in [0, 0.05) is 22.0 Å². The van der Waals surface area contributed by atoms with Crippen LogP contribution in [0.4, 0.5) is 17.6 Å². The van der Waals surface area contributed by atoms with E-state index in [0.29, 0.717) is 0 Å². The van der Waals surface area contributed by atoms with E-state index in [9.17, 15) is 17.6 Å². The van der Waals surface area contributed by atoms with Gasteiger partial charge in [-0.1, -0.05) is 35.3 Å². The van der Waals surface area contributed by atoms with Crippen molar-refractivity contribution in [1.82, 2.24) is 0 Å². The van der Waals surface area contributed by atoms with Crippen LogP contribution < -0.4 is 5.73 Å². The van der Waals surface area contributed by atoms with Crippen molar-refractivity contribution in [2.45, 2.75) is 31.6 Å². The van der Waals surface area contributed by atoms with Gasteiger partial charge >= 0.3 is 0 Å². The molecule has 0 aliphatic heterocycles. The lowest BCUT2D eigenvalue weighted by atomic mass is 9.95. The molecule has 0 aliphatic rings. The molecule has 0 aliphatic carbocycles. The van der Waals surface area contributed by atoms with Gasteiger partial charge in [-0.15, -0.1) is 0 Å². The highest BCUT2D eigenvalue weighted by Gasteiger charge is 2.41. The van der Waals surface area contributed by atoms with E-state index in [1.807, 2.05) is 0 Å². The highest BCUT2D eigenvalue weighted by Crippen LogP contribution is 2.41. The first-order chi connectivity index (χ1) is 9.24. The Bertz CT molecular complexity index is 427. The number of aliphatic hydroxyl groups is 1. The van der Waals surface area contributed by atoms with Gasteiger partial charge in [0.1, 0.15) is 6.61 Å². The molecule has 0 radical (unpaired) electrons. The second-order valence-corrected chi connectivity index (χ2v) is 4.92. The number of hydrogen-bond acceptors (Lipinski definition) is 2. The van der Waals surface area contributed by atoms with Crippen molar-refractivity contribution in [2.24, 2.45) is 5.73 Å². The Morgan fingerprint density at radius 1 is 1.10 bits per heavy atom. The Morgan fingerprint density at radius 2 is 1.65 bits per heavy atom. The predicted molar refractivity (Wildman–Crippen MR) is 74.0 cm³/mol. The van der Waals surface area contributed by atoms with Crippen molar-refractivity contribution < 1.29 is 22.7 Å². The molecule has 3 N–H and O–H groups in total. The summed E-state index contributed by atoms with van der Waals surface area (Å²) in [6.45, 7) is 0.0509. The summed E-state index contributed by atoms with van der Waals surface area (Å²) in [5.41, 5.74) is 2.93. The van der Waals surface area contributed by atoms with Crippen molar-refractivity contribution >= 4 is 15.9 Å². The van der Waals surface area contributed by atoms with Crippen molar-refractivity contribution in [3.05, 3.63) is 33.8 Å². The molecule has 0 fully saturated rings. The predicted octanol–water partition coefficient (Wildman–Crippen LogP) is 4.00. The second kappa shape index (κ2) is 7.95. The first-order valence-electron chi connectivity index (χ1n) is 5.99. The van der Waals surface area contributed by atoms with Crippen molar-refractivity contribution in [3.8, 4) is 0 Å². The number of hydrogen-bond donors (Lipinski definition) is 2. The van der Waals surface area contributed by atoms with Crippen LogP contribution in [0.1, 0.15) is 30.9 Å². The lowest BCUT2D eigenvalue weighted by Crippen LogP contribution is -2.25. The lowest BCUT2D eigenvalue weighted by molar-refractivity contribution is -0.0668. The van der Waals surface area contributed by atoms with Gasteiger partial charge in [-0.3, -0.25) is 0 Å². The van der Waals surface area contributed by atoms with E-state index < -0.39 is 36.0 Å². The Labute approximate surface area is 124 Å². The number of alkyl halides is 4. The van der Waals surface area contributed by atoms with Gasteiger partial charge in [0.2, 0.25) is 0 Å². The molecule has 0 amide bonds. The molecule has 0 aromatic heterocycles. The minimum Gasteiger partial charge on any atom is -0.390 e. The first-order valence-corrected chi connectivity index (χ1v) is 6.78. The van der Waals surface area contributed by atoms with Crippen LogP contribution in [0.2, 0.25) is 0 Å². The van der Waals surface area contributed by atoms with Gasteiger partial charge in [0.25, 0.3) is 11.8 Å². The van der Waals surface area contributed by atoms with E-state index in [1.165, 1.54) is 13.1 Å². The molecule has 0 heterocycles. The molecule has 0 unspecified atom stereocenters. The molecular weight excluding hydrogens is 342 g/mol. The average molecular weight is 360 g/mol. The maximum Gasteiger partial charge on any atom is 0.296 e. The third-order valence-corrected chi connectivity index (χ3v) is 3.03. The van der Waals surface area contributed by atoms with Gasteiger partial charge < -0.3 is 10.8 Å². The Kier molecular flexibility index (Phi) is 7.69. The van der Waals surface area contributed by atoms with Crippen LogP contribution in [0.15, 0.2) is 22.7 Å². The standard InChI is InChI=1S/C12H13BrF4O.CH5N/c1-2-5-11(14,15)9-4-3-8(13)6-10(9)12(16,17)7-18;1-2/h3-4,6,18H,2,5,7H2,1H3;2H2,1H3.